The molecule has 0 spiro atoms. The van der Waals surface area contributed by atoms with Gasteiger partial charge in [0.2, 0.25) is 0 Å². The summed E-state index contributed by atoms with van der Waals surface area (Å²) in [6, 6.07) is 0. The first-order chi connectivity index (χ1) is 6.99. The highest BCUT2D eigenvalue weighted by molar-refractivity contribution is 4.78. The number of hydrogen-bond acceptors (Lipinski definition) is 2. The Morgan fingerprint density at radius 1 is 1.33 bits per heavy atom. The van der Waals surface area contributed by atoms with Crippen LogP contribution in [-0.4, -0.2) is 23.9 Å². The fraction of sp³-hybridized carbons (Fsp3) is 1.00. The Bertz CT molecular complexity index is 165. The molecule has 2 heteroatoms. The number of aliphatic hydroxyl groups is 1. The molecule has 0 amide bonds. The molecule has 15 heavy (non-hydrogen) atoms. The fourth-order valence-corrected chi connectivity index (χ4v) is 2.17. The average Bonchev–Trinajstić information content (AvgIpc) is 2.14. The van der Waals surface area contributed by atoms with Gasteiger partial charge in [0, 0.05) is 6.61 Å². The first-order valence-corrected chi connectivity index (χ1v) is 6.29. The summed E-state index contributed by atoms with van der Waals surface area (Å²) in [4.78, 5) is 0. The zero-order valence-electron chi connectivity index (χ0n) is 10.5. The molecule has 0 heterocycles. The van der Waals surface area contributed by atoms with E-state index in [-0.39, 0.29) is 6.10 Å². The molecular formula is C13H26O2. The smallest absolute Gasteiger partial charge is 0.0575 e. The van der Waals surface area contributed by atoms with Crippen LogP contribution in [-0.2, 0) is 4.74 Å². The van der Waals surface area contributed by atoms with Gasteiger partial charge in [0.05, 0.1) is 12.2 Å². The minimum Gasteiger partial charge on any atom is -0.393 e. The first-order valence-electron chi connectivity index (χ1n) is 6.29. The topological polar surface area (TPSA) is 29.5 Å². The van der Waals surface area contributed by atoms with E-state index in [4.69, 9.17) is 9.84 Å². The van der Waals surface area contributed by atoms with Crippen molar-refractivity contribution in [3.05, 3.63) is 0 Å². The van der Waals surface area contributed by atoms with E-state index in [1.165, 1.54) is 25.7 Å². The van der Waals surface area contributed by atoms with Crippen molar-refractivity contribution in [1.29, 1.82) is 0 Å². The lowest BCUT2D eigenvalue weighted by Crippen LogP contribution is -2.26. The third-order valence-corrected chi connectivity index (χ3v) is 3.41. The van der Waals surface area contributed by atoms with E-state index in [1.54, 1.807) is 0 Å². The highest BCUT2D eigenvalue weighted by Gasteiger charge is 2.26. The zero-order valence-corrected chi connectivity index (χ0v) is 10.5. The molecule has 90 valence electrons. The van der Waals surface area contributed by atoms with Crippen LogP contribution >= 0.6 is 0 Å². The Morgan fingerprint density at radius 3 is 2.47 bits per heavy atom. The third-order valence-electron chi connectivity index (χ3n) is 3.41. The molecule has 0 aliphatic heterocycles. The van der Waals surface area contributed by atoms with Crippen molar-refractivity contribution in [1.82, 2.24) is 0 Å². The Labute approximate surface area is 94.0 Å². The monoisotopic (exact) mass is 214 g/mol. The summed E-state index contributed by atoms with van der Waals surface area (Å²) in [7, 11) is 0. The molecule has 0 bridgehead atoms. The fourth-order valence-electron chi connectivity index (χ4n) is 2.17. The molecule has 1 rings (SSSR count). The average molecular weight is 214 g/mol. The number of hydrogen-bond donors (Lipinski definition) is 1. The van der Waals surface area contributed by atoms with Crippen LogP contribution in [0.2, 0.25) is 0 Å². The zero-order chi connectivity index (χ0) is 11.3. The van der Waals surface area contributed by atoms with Gasteiger partial charge in [-0.25, -0.2) is 0 Å². The summed E-state index contributed by atoms with van der Waals surface area (Å²) < 4.78 is 5.82. The normalized spacial score (nSPS) is 24.0. The van der Waals surface area contributed by atoms with Crippen LogP contribution in [0.15, 0.2) is 0 Å². The van der Waals surface area contributed by atoms with Gasteiger partial charge in [-0.2, -0.15) is 0 Å². The highest BCUT2D eigenvalue weighted by atomic mass is 16.5. The first kappa shape index (κ1) is 13.0. The third kappa shape index (κ3) is 5.53. The molecule has 1 aliphatic carbocycles. The summed E-state index contributed by atoms with van der Waals surface area (Å²) in [6.45, 7) is 7.34. The van der Waals surface area contributed by atoms with Crippen LogP contribution < -0.4 is 0 Å². The Kier molecular flexibility index (Phi) is 5.07. The summed E-state index contributed by atoms with van der Waals surface area (Å²) >= 11 is 0. The molecule has 0 aromatic heterocycles. The maximum atomic E-state index is 9.10. The van der Waals surface area contributed by atoms with E-state index >= 15 is 0 Å². The van der Waals surface area contributed by atoms with Crippen LogP contribution in [0.4, 0.5) is 0 Å². The van der Waals surface area contributed by atoms with Gasteiger partial charge in [-0.3, -0.25) is 0 Å². The van der Waals surface area contributed by atoms with Gasteiger partial charge in [-0.05, 0) is 50.9 Å². The maximum absolute atomic E-state index is 9.10. The van der Waals surface area contributed by atoms with Gasteiger partial charge in [0.25, 0.3) is 0 Å². The SMILES string of the molecule is CC(O)CCCOC1CCC(C)(C)CC1. The Hall–Kier alpha value is -0.0800. The van der Waals surface area contributed by atoms with E-state index in [0.717, 1.165) is 19.4 Å². The molecule has 0 radical (unpaired) electrons. The molecular weight excluding hydrogens is 188 g/mol. The Morgan fingerprint density at radius 2 is 1.93 bits per heavy atom. The van der Waals surface area contributed by atoms with Gasteiger partial charge >= 0.3 is 0 Å². The van der Waals surface area contributed by atoms with Gasteiger partial charge < -0.3 is 9.84 Å². The molecule has 1 unspecified atom stereocenters. The van der Waals surface area contributed by atoms with Crippen molar-refractivity contribution < 1.29 is 9.84 Å². The maximum Gasteiger partial charge on any atom is 0.0575 e. The number of ether oxygens (including phenoxy) is 1. The van der Waals surface area contributed by atoms with Gasteiger partial charge in [0.15, 0.2) is 0 Å². The molecule has 1 aliphatic rings. The highest BCUT2D eigenvalue weighted by Crippen LogP contribution is 2.36. The number of aliphatic hydroxyl groups excluding tert-OH is 1. The van der Waals surface area contributed by atoms with E-state index in [0.29, 0.717) is 11.5 Å². The lowest BCUT2D eigenvalue weighted by Gasteiger charge is -2.34. The van der Waals surface area contributed by atoms with Gasteiger partial charge in [-0.1, -0.05) is 13.8 Å². The van der Waals surface area contributed by atoms with E-state index in [1.807, 2.05) is 6.92 Å². The second kappa shape index (κ2) is 5.86. The lowest BCUT2D eigenvalue weighted by molar-refractivity contribution is -0.000131. The molecule has 1 N–H and O–H groups in total. The second-order valence-electron chi connectivity index (χ2n) is 5.73. The van der Waals surface area contributed by atoms with E-state index < -0.39 is 0 Å². The van der Waals surface area contributed by atoms with Crippen LogP contribution in [0.3, 0.4) is 0 Å². The summed E-state index contributed by atoms with van der Waals surface area (Å²) in [6.07, 6.45) is 7.13. The minimum absolute atomic E-state index is 0.182. The van der Waals surface area contributed by atoms with Gasteiger partial charge in [-0.15, -0.1) is 0 Å². The number of rotatable bonds is 5. The lowest BCUT2D eigenvalue weighted by atomic mass is 9.76. The largest absolute Gasteiger partial charge is 0.393 e. The summed E-state index contributed by atoms with van der Waals surface area (Å²) in [5.41, 5.74) is 0.527. The van der Waals surface area contributed by atoms with Crippen molar-refractivity contribution >= 4 is 0 Å². The summed E-state index contributed by atoms with van der Waals surface area (Å²) in [5, 5.41) is 9.10. The van der Waals surface area contributed by atoms with Crippen molar-refractivity contribution in [2.75, 3.05) is 6.61 Å². The van der Waals surface area contributed by atoms with Gasteiger partial charge in [0.1, 0.15) is 0 Å². The predicted octanol–water partition coefficient (Wildman–Crippen LogP) is 3.13. The Balaban J connectivity index is 2.04. The predicted molar refractivity (Wildman–Crippen MR) is 62.9 cm³/mol. The van der Waals surface area contributed by atoms with Crippen LogP contribution in [0.5, 0.6) is 0 Å². The second-order valence-corrected chi connectivity index (χ2v) is 5.73. The van der Waals surface area contributed by atoms with E-state index in [9.17, 15) is 0 Å². The van der Waals surface area contributed by atoms with Crippen LogP contribution in [0, 0.1) is 5.41 Å². The van der Waals surface area contributed by atoms with Crippen LogP contribution in [0.25, 0.3) is 0 Å². The van der Waals surface area contributed by atoms with Crippen molar-refractivity contribution in [2.45, 2.75) is 71.5 Å². The molecule has 0 aromatic rings. The molecule has 1 fully saturated rings. The van der Waals surface area contributed by atoms with Crippen molar-refractivity contribution in [2.24, 2.45) is 5.41 Å². The molecule has 0 saturated heterocycles. The minimum atomic E-state index is -0.182. The van der Waals surface area contributed by atoms with Crippen LogP contribution in [0.1, 0.15) is 59.3 Å². The summed E-state index contributed by atoms with van der Waals surface area (Å²) in [5.74, 6) is 0. The quantitative estimate of drug-likeness (QED) is 0.712. The molecule has 0 aromatic carbocycles. The molecule has 1 saturated carbocycles. The van der Waals surface area contributed by atoms with Crippen molar-refractivity contribution in [3.63, 3.8) is 0 Å². The molecule has 2 nitrogen and oxygen atoms in total. The van der Waals surface area contributed by atoms with Crippen molar-refractivity contribution in [3.8, 4) is 0 Å². The molecule has 1 atom stereocenters. The van der Waals surface area contributed by atoms with E-state index in [2.05, 4.69) is 13.8 Å². The standard InChI is InChI=1S/C13H26O2/c1-11(14)5-4-10-15-12-6-8-13(2,3)9-7-12/h11-12,14H,4-10H2,1-3H3.